The smallest absolute Gasteiger partial charge is 0.417 e. The highest BCUT2D eigenvalue weighted by Crippen LogP contribution is 2.38. The van der Waals surface area contributed by atoms with Crippen molar-refractivity contribution in [3.8, 4) is 11.5 Å². The van der Waals surface area contributed by atoms with Gasteiger partial charge in [0.2, 0.25) is 5.13 Å². The van der Waals surface area contributed by atoms with Gasteiger partial charge in [-0.3, -0.25) is 10.3 Å². The van der Waals surface area contributed by atoms with Crippen molar-refractivity contribution in [1.82, 2.24) is 19.3 Å². The molecular formula is C20H20F3N7O2S. The number of aromatic nitrogens is 4. The van der Waals surface area contributed by atoms with E-state index in [0.717, 1.165) is 42.4 Å². The number of fused-ring (bicyclic) bond motifs is 1. The first-order valence-electron chi connectivity index (χ1n) is 9.74. The summed E-state index contributed by atoms with van der Waals surface area (Å²) in [6, 6.07) is 2.70. The lowest BCUT2D eigenvalue weighted by Gasteiger charge is -2.29. The minimum atomic E-state index is -4.63. The van der Waals surface area contributed by atoms with Gasteiger partial charge in [-0.05, 0) is 38.0 Å². The first-order valence-corrected chi connectivity index (χ1v) is 10.5. The highest BCUT2D eigenvalue weighted by atomic mass is 32.1. The predicted octanol–water partition coefficient (Wildman–Crippen LogP) is 4.71. The summed E-state index contributed by atoms with van der Waals surface area (Å²) in [5.74, 6) is 0.327. The van der Waals surface area contributed by atoms with Crippen LogP contribution in [0.5, 0.6) is 0 Å². The van der Waals surface area contributed by atoms with Crippen LogP contribution in [0.1, 0.15) is 25.0 Å². The molecular weight excluding hydrogens is 459 g/mol. The van der Waals surface area contributed by atoms with E-state index < -0.39 is 17.8 Å². The van der Waals surface area contributed by atoms with E-state index in [-0.39, 0.29) is 22.2 Å². The summed E-state index contributed by atoms with van der Waals surface area (Å²) in [5, 5.41) is 5.30. The van der Waals surface area contributed by atoms with Crippen molar-refractivity contribution in [2.45, 2.75) is 32.0 Å². The molecule has 0 unspecified atom stereocenters. The van der Waals surface area contributed by atoms with Crippen molar-refractivity contribution in [1.29, 1.82) is 0 Å². The number of amides is 1. The maximum Gasteiger partial charge on any atom is 0.417 e. The molecule has 1 aliphatic rings. The Morgan fingerprint density at radius 3 is 2.70 bits per heavy atom. The van der Waals surface area contributed by atoms with Crippen LogP contribution in [0.4, 0.5) is 40.3 Å². The monoisotopic (exact) mass is 479 g/mol. The molecule has 0 saturated heterocycles. The zero-order valence-corrected chi connectivity index (χ0v) is 18.9. The molecule has 4 rings (SSSR count). The normalized spacial score (nSPS) is 14.7. The largest absolute Gasteiger partial charge is 0.453 e. The lowest BCUT2D eigenvalue weighted by Crippen LogP contribution is -2.37. The molecule has 0 aliphatic carbocycles. The van der Waals surface area contributed by atoms with Gasteiger partial charge in [0.25, 0.3) is 0 Å². The van der Waals surface area contributed by atoms with Crippen LogP contribution >= 0.6 is 11.5 Å². The van der Waals surface area contributed by atoms with E-state index in [9.17, 15) is 18.0 Å². The molecule has 0 radical (unpaired) electrons. The Hall–Kier alpha value is -3.48. The number of halogens is 3. The minimum Gasteiger partial charge on any atom is -0.453 e. The van der Waals surface area contributed by atoms with Crippen LogP contribution < -0.4 is 15.5 Å². The molecule has 3 aromatic rings. The highest BCUT2D eigenvalue weighted by molar-refractivity contribution is 7.09. The van der Waals surface area contributed by atoms with Crippen LogP contribution in [0.15, 0.2) is 24.5 Å². The summed E-state index contributed by atoms with van der Waals surface area (Å²) in [5.41, 5.74) is 1.50. The highest BCUT2D eigenvalue weighted by Gasteiger charge is 2.34. The Bertz CT molecular complexity index is 1210. The summed E-state index contributed by atoms with van der Waals surface area (Å²) in [6.45, 7) is 4.29. The van der Waals surface area contributed by atoms with Crippen LogP contribution in [-0.4, -0.2) is 45.1 Å². The second kappa shape index (κ2) is 8.14. The van der Waals surface area contributed by atoms with Gasteiger partial charge in [-0.2, -0.15) is 22.5 Å². The van der Waals surface area contributed by atoms with Crippen LogP contribution in [0.2, 0.25) is 0 Å². The molecule has 0 aromatic carbocycles. The molecule has 3 aromatic heterocycles. The predicted molar refractivity (Wildman–Crippen MR) is 118 cm³/mol. The van der Waals surface area contributed by atoms with Gasteiger partial charge in [0.05, 0.1) is 30.2 Å². The Morgan fingerprint density at radius 2 is 2.00 bits per heavy atom. The van der Waals surface area contributed by atoms with Gasteiger partial charge in [0.15, 0.2) is 11.6 Å². The fourth-order valence-corrected chi connectivity index (χ4v) is 4.00. The van der Waals surface area contributed by atoms with Gasteiger partial charge < -0.3 is 15.0 Å². The summed E-state index contributed by atoms with van der Waals surface area (Å²) in [4.78, 5) is 26.4. The van der Waals surface area contributed by atoms with Gasteiger partial charge in [-0.25, -0.2) is 9.78 Å². The molecule has 174 valence electrons. The zero-order valence-electron chi connectivity index (χ0n) is 18.1. The molecule has 0 saturated carbocycles. The van der Waals surface area contributed by atoms with Gasteiger partial charge in [-0.15, -0.1) is 0 Å². The maximum absolute atomic E-state index is 13.1. The van der Waals surface area contributed by atoms with E-state index in [1.165, 1.54) is 0 Å². The summed E-state index contributed by atoms with van der Waals surface area (Å²) >= 11 is 0.987. The third-order valence-corrected chi connectivity index (χ3v) is 6.01. The van der Waals surface area contributed by atoms with E-state index in [1.54, 1.807) is 6.20 Å². The lowest BCUT2D eigenvalue weighted by molar-refractivity contribution is -0.137. The van der Waals surface area contributed by atoms with Crippen LogP contribution in [-0.2, 0) is 17.3 Å². The molecule has 9 nitrogen and oxygen atoms in total. The van der Waals surface area contributed by atoms with Crippen molar-refractivity contribution in [3.05, 3.63) is 35.7 Å². The fourth-order valence-electron chi connectivity index (χ4n) is 3.42. The van der Waals surface area contributed by atoms with Crippen molar-refractivity contribution < 1.29 is 22.7 Å². The summed E-state index contributed by atoms with van der Waals surface area (Å²) in [6.07, 6.45) is -2.28. The number of pyridine rings is 2. The molecule has 0 bridgehead atoms. The Balaban J connectivity index is 1.60. The second-order valence-electron chi connectivity index (χ2n) is 8.03. The number of ether oxygens (including phenoxy) is 1. The van der Waals surface area contributed by atoms with E-state index >= 15 is 0 Å². The topological polar surface area (TPSA) is 105 Å². The summed E-state index contributed by atoms with van der Waals surface area (Å²) in [7, 11) is 3.12. The quantitative estimate of drug-likeness (QED) is 0.555. The number of anilines is 4. The number of methoxy groups -OCH3 is 1. The second-order valence-corrected chi connectivity index (χ2v) is 8.78. The first kappa shape index (κ1) is 22.7. The van der Waals surface area contributed by atoms with Gasteiger partial charge >= 0.3 is 12.3 Å². The van der Waals surface area contributed by atoms with E-state index in [0.29, 0.717) is 17.7 Å². The number of nitrogens with one attached hydrogen (secondary N) is 2. The Morgan fingerprint density at radius 1 is 1.24 bits per heavy atom. The van der Waals surface area contributed by atoms with Crippen molar-refractivity contribution in [2.75, 3.05) is 29.7 Å². The van der Waals surface area contributed by atoms with Gasteiger partial charge in [-0.1, -0.05) is 0 Å². The molecule has 1 amide bonds. The number of carbonyl (C=O) groups excluding carboxylic acids is 1. The number of likely N-dealkylation sites (N-methyl/N-ethyl adjacent to an activating group) is 1. The molecule has 13 heteroatoms. The van der Waals surface area contributed by atoms with Crippen molar-refractivity contribution >= 4 is 39.9 Å². The molecule has 1 aliphatic heterocycles. The lowest BCUT2D eigenvalue weighted by atomic mass is 10.00. The average molecular weight is 479 g/mol. The number of carbonyl (C=O) groups is 1. The SMILES string of the molecule is COC(=O)Nc1cc(C(F)(F)F)cnc1Nc1nc(-c2cc3c(cn2)N(C)C(C)(C)C3)ns1. The molecule has 4 heterocycles. The van der Waals surface area contributed by atoms with Gasteiger partial charge in [0, 0.05) is 30.3 Å². The zero-order chi connectivity index (χ0) is 24.0. The van der Waals surface area contributed by atoms with Crippen LogP contribution in [0.3, 0.4) is 0 Å². The number of rotatable bonds is 4. The summed E-state index contributed by atoms with van der Waals surface area (Å²) < 4.78 is 48.0. The molecule has 33 heavy (non-hydrogen) atoms. The van der Waals surface area contributed by atoms with Crippen LogP contribution in [0.25, 0.3) is 11.5 Å². The van der Waals surface area contributed by atoms with E-state index in [2.05, 4.69) is 53.4 Å². The first-order chi connectivity index (χ1) is 15.5. The molecule has 0 atom stereocenters. The third kappa shape index (κ3) is 4.53. The Kier molecular flexibility index (Phi) is 5.60. The fraction of sp³-hybridized carbons (Fsp3) is 0.350. The van der Waals surface area contributed by atoms with E-state index in [1.807, 2.05) is 13.1 Å². The number of hydrogen-bond donors (Lipinski definition) is 2. The third-order valence-electron chi connectivity index (χ3n) is 5.38. The van der Waals surface area contributed by atoms with Gasteiger partial charge in [0.1, 0.15) is 5.69 Å². The average Bonchev–Trinajstić information content (AvgIpc) is 3.30. The molecule has 0 spiro atoms. The molecule has 0 fully saturated rings. The van der Waals surface area contributed by atoms with Crippen molar-refractivity contribution in [2.24, 2.45) is 0 Å². The van der Waals surface area contributed by atoms with Crippen LogP contribution in [0, 0.1) is 0 Å². The molecule has 2 N–H and O–H groups in total. The number of nitrogens with zero attached hydrogens (tertiary/aromatic N) is 5. The minimum absolute atomic E-state index is 0.0257. The standard InChI is InChI=1S/C20H20F3N7O2S/c1-19(2)7-10-5-12(24-9-14(10)30(19)3)16-28-17(33-29-16)27-15-13(26-18(31)32-4)6-11(8-25-15)20(21,22)23/h5-6,8-9H,7H2,1-4H3,(H,26,31)(H,25,27,28,29). The maximum atomic E-state index is 13.1. The Labute approximate surface area is 191 Å². The van der Waals surface area contributed by atoms with Crippen molar-refractivity contribution in [3.63, 3.8) is 0 Å². The van der Waals surface area contributed by atoms with E-state index in [4.69, 9.17) is 0 Å². The number of hydrogen-bond acceptors (Lipinski definition) is 9. The number of alkyl halides is 3.